The van der Waals surface area contributed by atoms with E-state index in [2.05, 4.69) is 11.4 Å². The van der Waals surface area contributed by atoms with Crippen LogP contribution in [-0.2, 0) is 4.79 Å². The molecule has 0 bridgehead atoms. The smallest absolute Gasteiger partial charge is 0.270 e. The first-order valence-electron chi connectivity index (χ1n) is 8.37. The second-order valence-corrected chi connectivity index (χ2v) is 6.01. The Kier molecular flexibility index (Phi) is 6.68. The van der Waals surface area contributed by atoms with Gasteiger partial charge in [0.05, 0.1) is 10.5 Å². The third kappa shape index (κ3) is 5.41. The van der Waals surface area contributed by atoms with Crippen LogP contribution in [0.25, 0.3) is 0 Å². The number of ether oxygens (including phenoxy) is 1. The van der Waals surface area contributed by atoms with E-state index in [1.54, 1.807) is 6.92 Å². The lowest BCUT2D eigenvalue weighted by Crippen LogP contribution is -2.37. The van der Waals surface area contributed by atoms with Gasteiger partial charge in [0.25, 0.3) is 11.6 Å². The number of nitrogens with zero attached hydrogens (tertiary/aromatic N) is 1. The minimum Gasteiger partial charge on any atom is -0.480 e. The van der Waals surface area contributed by atoms with E-state index in [-0.39, 0.29) is 22.9 Å². The average Bonchev–Trinajstić information content (AvgIpc) is 2.62. The van der Waals surface area contributed by atoms with Crippen LogP contribution in [0.5, 0.6) is 5.75 Å². The molecule has 1 amide bonds. The molecule has 1 aliphatic carbocycles. The molecule has 1 aromatic rings. The number of nitrogens with one attached hydrogen (secondary N) is 1. The van der Waals surface area contributed by atoms with E-state index in [0.29, 0.717) is 12.8 Å². The molecule has 0 aliphatic heterocycles. The third-order valence-electron chi connectivity index (χ3n) is 4.13. The second-order valence-electron chi connectivity index (χ2n) is 6.01. The van der Waals surface area contributed by atoms with E-state index < -0.39 is 11.0 Å². The molecule has 2 rings (SSSR count). The molecule has 134 valence electrons. The highest BCUT2D eigenvalue weighted by atomic mass is 16.6. The summed E-state index contributed by atoms with van der Waals surface area (Å²) < 4.78 is 5.49. The lowest BCUT2D eigenvalue weighted by Gasteiger charge is -2.17. The highest BCUT2D eigenvalue weighted by molar-refractivity contribution is 5.83. The normalized spacial score (nSPS) is 15.0. The van der Waals surface area contributed by atoms with Gasteiger partial charge in [0.1, 0.15) is 5.75 Å². The Morgan fingerprint density at radius 1 is 1.44 bits per heavy atom. The van der Waals surface area contributed by atoms with Gasteiger partial charge in [-0.2, -0.15) is 0 Å². The molecule has 0 radical (unpaired) electrons. The molecule has 0 fully saturated rings. The third-order valence-corrected chi connectivity index (χ3v) is 4.13. The number of hydrogen-bond acceptors (Lipinski definition) is 5. The fourth-order valence-corrected chi connectivity index (χ4v) is 2.71. The SMILES string of the molecule is C[C@H](Oc1ccc([N+](=O)[O-])cc1C=O)C(=O)NCCC1=CCCCC1. The predicted molar refractivity (Wildman–Crippen MR) is 92.8 cm³/mol. The van der Waals surface area contributed by atoms with Crippen LogP contribution in [0.1, 0.15) is 49.4 Å². The van der Waals surface area contributed by atoms with Gasteiger partial charge in [-0.1, -0.05) is 11.6 Å². The van der Waals surface area contributed by atoms with E-state index in [1.807, 2.05) is 0 Å². The minimum atomic E-state index is -0.805. The van der Waals surface area contributed by atoms with Gasteiger partial charge < -0.3 is 10.1 Å². The Hall–Kier alpha value is -2.70. The van der Waals surface area contributed by atoms with E-state index in [1.165, 1.54) is 30.5 Å². The molecule has 1 aromatic carbocycles. The molecule has 1 atom stereocenters. The monoisotopic (exact) mass is 346 g/mol. The zero-order valence-corrected chi connectivity index (χ0v) is 14.2. The van der Waals surface area contributed by atoms with Crippen molar-refractivity contribution in [2.45, 2.75) is 45.1 Å². The van der Waals surface area contributed by atoms with E-state index in [9.17, 15) is 19.7 Å². The Morgan fingerprint density at radius 2 is 2.24 bits per heavy atom. The molecule has 7 heteroatoms. The van der Waals surface area contributed by atoms with Crippen LogP contribution in [0, 0.1) is 10.1 Å². The molecule has 7 nitrogen and oxygen atoms in total. The van der Waals surface area contributed by atoms with Crippen molar-refractivity contribution in [2.75, 3.05) is 6.54 Å². The number of nitro groups is 1. The summed E-state index contributed by atoms with van der Waals surface area (Å²) in [5.41, 5.74) is 1.22. The number of aldehydes is 1. The van der Waals surface area contributed by atoms with Crippen LogP contribution < -0.4 is 10.1 Å². The largest absolute Gasteiger partial charge is 0.480 e. The lowest BCUT2D eigenvalue weighted by atomic mass is 9.97. The molecule has 1 N–H and O–H groups in total. The second kappa shape index (κ2) is 8.96. The molecule has 1 aliphatic rings. The number of rotatable bonds is 8. The summed E-state index contributed by atoms with van der Waals surface area (Å²) in [5.74, 6) is -0.134. The first-order valence-corrected chi connectivity index (χ1v) is 8.37. The van der Waals surface area contributed by atoms with Crippen molar-refractivity contribution in [3.63, 3.8) is 0 Å². The van der Waals surface area contributed by atoms with Gasteiger partial charge >= 0.3 is 0 Å². The maximum absolute atomic E-state index is 12.1. The van der Waals surface area contributed by atoms with Crippen molar-refractivity contribution < 1.29 is 19.2 Å². The van der Waals surface area contributed by atoms with Crippen molar-refractivity contribution in [1.29, 1.82) is 0 Å². The van der Waals surface area contributed by atoms with Gasteiger partial charge in [-0.05, 0) is 45.1 Å². The maximum atomic E-state index is 12.1. The van der Waals surface area contributed by atoms with Gasteiger partial charge in [0.15, 0.2) is 12.4 Å². The van der Waals surface area contributed by atoms with Crippen LogP contribution >= 0.6 is 0 Å². The summed E-state index contributed by atoms with van der Waals surface area (Å²) in [7, 11) is 0. The number of amides is 1. The summed E-state index contributed by atoms with van der Waals surface area (Å²) in [5, 5.41) is 13.6. The summed E-state index contributed by atoms with van der Waals surface area (Å²) in [6, 6.07) is 3.70. The fourth-order valence-electron chi connectivity index (χ4n) is 2.71. The molecule has 25 heavy (non-hydrogen) atoms. The minimum absolute atomic E-state index is 0.0428. The molecule has 0 saturated carbocycles. The van der Waals surface area contributed by atoms with Crippen LogP contribution in [0.3, 0.4) is 0 Å². The molecule has 0 saturated heterocycles. The van der Waals surface area contributed by atoms with Crippen LogP contribution in [0.4, 0.5) is 5.69 Å². The Labute approximate surface area is 146 Å². The van der Waals surface area contributed by atoms with Crippen molar-refractivity contribution in [2.24, 2.45) is 0 Å². The molecule has 0 heterocycles. The van der Waals surface area contributed by atoms with E-state index in [4.69, 9.17) is 4.74 Å². The quantitative estimate of drug-likeness (QED) is 0.337. The molecule has 0 unspecified atom stereocenters. The van der Waals surface area contributed by atoms with Crippen LogP contribution in [-0.4, -0.2) is 29.8 Å². The van der Waals surface area contributed by atoms with Crippen LogP contribution in [0.15, 0.2) is 29.8 Å². The first-order chi connectivity index (χ1) is 12.0. The highest BCUT2D eigenvalue weighted by Crippen LogP contribution is 2.24. The molecular weight excluding hydrogens is 324 g/mol. The predicted octanol–water partition coefficient (Wildman–Crippen LogP) is 3.18. The summed E-state index contributed by atoms with van der Waals surface area (Å²) >= 11 is 0. The van der Waals surface area contributed by atoms with E-state index >= 15 is 0 Å². The number of non-ortho nitro benzene ring substituents is 1. The van der Waals surface area contributed by atoms with Gasteiger partial charge in [-0.15, -0.1) is 0 Å². The molecule has 0 spiro atoms. The standard InChI is InChI=1S/C18H22N2O5/c1-13(18(22)19-10-9-14-5-3-2-4-6-14)25-17-8-7-16(20(23)24)11-15(17)12-21/h5,7-8,11-13H,2-4,6,9-10H2,1H3,(H,19,22)/t13-/m0/s1. The number of carbonyl (C=O) groups is 2. The van der Waals surface area contributed by atoms with Gasteiger partial charge in [-0.25, -0.2) is 0 Å². The number of benzene rings is 1. The highest BCUT2D eigenvalue weighted by Gasteiger charge is 2.18. The number of allylic oxidation sites excluding steroid dienone is 1. The zero-order valence-electron chi connectivity index (χ0n) is 14.2. The van der Waals surface area contributed by atoms with Crippen molar-refractivity contribution in [1.82, 2.24) is 5.32 Å². The molecule has 0 aromatic heterocycles. The lowest BCUT2D eigenvalue weighted by molar-refractivity contribution is -0.384. The van der Waals surface area contributed by atoms with Crippen LogP contribution in [0.2, 0.25) is 0 Å². The number of carbonyl (C=O) groups excluding carboxylic acids is 2. The topological polar surface area (TPSA) is 98.5 Å². The van der Waals surface area contributed by atoms with Gasteiger partial charge in [0.2, 0.25) is 0 Å². The maximum Gasteiger partial charge on any atom is 0.270 e. The van der Waals surface area contributed by atoms with Gasteiger partial charge in [0, 0.05) is 18.7 Å². The number of hydrogen-bond donors (Lipinski definition) is 1. The van der Waals surface area contributed by atoms with Crippen molar-refractivity contribution >= 4 is 17.9 Å². The Balaban J connectivity index is 1.88. The van der Waals surface area contributed by atoms with Crippen molar-refractivity contribution in [3.05, 3.63) is 45.5 Å². The first kappa shape index (κ1) is 18.6. The van der Waals surface area contributed by atoms with Gasteiger partial charge in [-0.3, -0.25) is 19.7 Å². The summed E-state index contributed by atoms with van der Waals surface area (Å²) in [4.78, 5) is 33.4. The zero-order chi connectivity index (χ0) is 18.2. The Bertz CT molecular complexity index is 684. The average molecular weight is 346 g/mol. The molecular formula is C18H22N2O5. The number of nitro benzene ring substituents is 1. The summed E-state index contributed by atoms with van der Waals surface area (Å²) in [6.45, 7) is 2.12. The van der Waals surface area contributed by atoms with E-state index in [0.717, 1.165) is 25.3 Å². The Morgan fingerprint density at radius 3 is 2.88 bits per heavy atom. The van der Waals surface area contributed by atoms with Crippen molar-refractivity contribution in [3.8, 4) is 5.75 Å². The summed E-state index contributed by atoms with van der Waals surface area (Å²) in [6.07, 6.45) is 7.37. The fraction of sp³-hybridized carbons (Fsp3) is 0.444.